The molecule has 0 radical (unpaired) electrons. The molecule has 3 N–H and O–H groups in total. The second kappa shape index (κ2) is 7.18. The minimum absolute atomic E-state index is 0.519. The largest absolute Gasteiger partial charge is 0.338 e. The van der Waals surface area contributed by atoms with Gasteiger partial charge in [-0.1, -0.05) is 41.4 Å². The number of hydrogen-bond donors (Lipinski definition) is 2. The van der Waals surface area contributed by atoms with Gasteiger partial charge in [0.1, 0.15) is 5.82 Å². The fourth-order valence-corrected chi connectivity index (χ4v) is 2.76. The fraction of sp³-hybridized carbons (Fsp3) is 0.167. The number of hydrogen-bond acceptors (Lipinski definition) is 2. The number of aromatic amines is 1. The van der Waals surface area contributed by atoms with Crippen LogP contribution in [-0.2, 0) is 6.42 Å². The van der Waals surface area contributed by atoms with Crippen LogP contribution in [0.2, 0.25) is 10.0 Å². The van der Waals surface area contributed by atoms with Gasteiger partial charge >= 0.3 is 0 Å². The van der Waals surface area contributed by atoms with Crippen LogP contribution in [0, 0.1) is 0 Å². The van der Waals surface area contributed by atoms with Gasteiger partial charge in [-0.15, -0.1) is 0 Å². The molecule has 0 unspecified atom stereocenters. The molecule has 0 saturated carbocycles. The Morgan fingerprint density at radius 1 is 1.00 bits per heavy atom. The second-order valence-corrected chi connectivity index (χ2v) is 6.18. The molecule has 0 bridgehead atoms. The smallest absolute Gasteiger partial charge is 0.137 e. The Balaban J connectivity index is 1.88. The van der Waals surface area contributed by atoms with E-state index >= 15 is 0 Å². The number of nitrogens with one attached hydrogen (secondary N) is 1. The molecular formula is C18H17Cl2N3. The summed E-state index contributed by atoms with van der Waals surface area (Å²) >= 11 is 12.0. The topological polar surface area (TPSA) is 54.7 Å². The van der Waals surface area contributed by atoms with E-state index in [4.69, 9.17) is 28.9 Å². The van der Waals surface area contributed by atoms with Crippen molar-refractivity contribution in [1.82, 2.24) is 9.97 Å². The van der Waals surface area contributed by atoms with Crippen LogP contribution < -0.4 is 5.73 Å². The number of nitrogens with zero attached hydrogens (tertiary/aromatic N) is 1. The van der Waals surface area contributed by atoms with E-state index in [0.717, 1.165) is 35.5 Å². The van der Waals surface area contributed by atoms with E-state index in [9.17, 15) is 0 Å². The molecule has 0 spiro atoms. The van der Waals surface area contributed by atoms with Crippen molar-refractivity contribution in [2.75, 3.05) is 6.54 Å². The molecule has 3 nitrogen and oxygen atoms in total. The molecule has 0 aliphatic carbocycles. The number of rotatable bonds is 5. The maximum atomic E-state index is 6.07. The van der Waals surface area contributed by atoms with Gasteiger partial charge in [0.25, 0.3) is 0 Å². The first-order valence-corrected chi connectivity index (χ1v) is 8.23. The van der Waals surface area contributed by atoms with Crippen molar-refractivity contribution in [2.24, 2.45) is 5.73 Å². The summed E-state index contributed by atoms with van der Waals surface area (Å²) in [5, 5.41) is 1.06. The molecule has 1 heterocycles. The average molecular weight is 346 g/mol. The first kappa shape index (κ1) is 16.1. The van der Waals surface area contributed by atoms with Crippen molar-refractivity contribution in [3.63, 3.8) is 0 Å². The minimum atomic E-state index is 0.519. The van der Waals surface area contributed by atoms with Crippen molar-refractivity contribution in [2.45, 2.75) is 12.8 Å². The zero-order chi connectivity index (χ0) is 16.2. The molecule has 0 fully saturated rings. The molecule has 5 heteroatoms. The molecule has 1 aromatic heterocycles. The molecule has 0 aliphatic heterocycles. The molecular weight excluding hydrogens is 329 g/mol. The fourth-order valence-electron chi connectivity index (χ4n) is 2.46. The van der Waals surface area contributed by atoms with Gasteiger partial charge in [0.15, 0.2) is 0 Å². The minimum Gasteiger partial charge on any atom is -0.338 e. The first-order valence-electron chi connectivity index (χ1n) is 7.47. The Hall–Kier alpha value is -1.81. The number of aryl methyl sites for hydroxylation is 1. The van der Waals surface area contributed by atoms with E-state index in [0.29, 0.717) is 16.6 Å². The van der Waals surface area contributed by atoms with Crippen molar-refractivity contribution in [3.05, 3.63) is 64.3 Å². The number of nitrogens with two attached hydrogens (primary N) is 1. The number of imidazole rings is 1. The maximum Gasteiger partial charge on any atom is 0.137 e. The standard InChI is InChI=1S/C18H17Cl2N3/c19-15-7-6-14(10-16(15)20)18-22-11-17(23-18)13-5-1-3-12(9-13)4-2-8-21/h1,3,5-7,9-11H,2,4,8,21H2,(H,22,23). The highest BCUT2D eigenvalue weighted by Crippen LogP contribution is 2.28. The van der Waals surface area contributed by atoms with Crippen LogP contribution >= 0.6 is 23.2 Å². The summed E-state index contributed by atoms with van der Waals surface area (Å²) in [7, 11) is 0. The average Bonchev–Trinajstić information content (AvgIpc) is 3.06. The lowest BCUT2D eigenvalue weighted by Crippen LogP contribution is -2.00. The van der Waals surface area contributed by atoms with Gasteiger partial charge in [-0.05, 0) is 54.8 Å². The second-order valence-electron chi connectivity index (χ2n) is 5.37. The summed E-state index contributed by atoms with van der Waals surface area (Å²) in [4.78, 5) is 7.79. The highest BCUT2D eigenvalue weighted by Gasteiger charge is 2.08. The molecule has 3 rings (SSSR count). The maximum absolute atomic E-state index is 6.07. The molecule has 3 aromatic rings. The third kappa shape index (κ3) is 3.75. The van der Waals surface area contributed by atoms with E-state index in [-0.39, 0.29) is 0 Å². The van der Waals surface area contributed by atoms with Crippen molar-refractivity contribution in [1.29, 1.82) is 0 Å². The van der Waals surface area contributed by atoms with Crippen LogP contribution in [-0.4, -0.2) is 16.5 Å². The molecule has 0 saturated heterocycles. The Morgan fingerprint density at radius 3 is 2.65 bits per heavy atom. The zero-order valence-corrected chi connectivity index (χ0v) is 14.0. The van der Waals surface area contributed by atoms with E-state index < -0.39 is 0 Å². The van der Waals surface area contributed by atoms with E-state index in [2.05, 4.69) is 34.2 Å². The summed E-state index contributed by atoms with van der Waals surface area (Å²) < 4.78 is 0. The Morgan fingerprint density at radius 2 is 1.87 bits per heavy atom. The predicted molar refractivity (Wildman–Crippen MR) is 96.9 cm³/mol. The lowest BCUT2D eigenvalue weighted by molar-refractivity contribution is 0.833. The van der Waals surface area contributed by atoms with Gasteiger partial charge in [0.2, 0.25) is 0 Å². The molecule has 0 atom stereocenters. The molecule has 23 heavy (non-hydrogen) atoms. The summed E-state index contributed by atoms with van der Waals surface area (Å²) in [6.45, 7) is 0.704. The van der Waals surface area contributed by atoms with Gasteiger partial charge in [0.05, 0.1) is 21.9 Å². The highest BCUT2D eigenvalue weighted by molar-refractivity contribution is 6.42. The van der Waals surface area contributed by atoms with Crippen LogP contribution in [0.5, 0.6) is 0 Å². The van der Waals surface area contributed by atoms with Gasteiger partial charge < -0.3 is 10.7 Å². The zero-order valence-electron chi connectivity index (χ0n) is 12.5. The van der Waals surface area contributed by atoms with Crippen LogP contribution in [0.1, 0.15) is 12.0 Å². The van der Waals surface area contributed by atoms with E-state index in [1.54, 1.807) is 6.07 Å². The quantitative estimate of drug-likeness (QED) is 0.687. The number of halogens is 2. The Labute approximate surface area is 145 Å². The summed E-state index contributed by atoms with van der Waals surface area (Å²) in [5.74, 6) is 0.769. The summed E-state index contributed by atoms with van der Waals surface area (Å²) in [6, 6.07) is 13.9. The normalized spacial score (nSPS) is 10.9. The molecule has 0 aliphatic rings. The van der Waals surface area contributed by atoms with E-state index in [1.165, 1.54) is 5.56 Å². The van der Waals surface area contributed by atoms with Crippen molar-refractivity contribution < 1.29 is 0 Å². The van der Waals surface area contributed by atoms with Crippen molar-refractivity contribution in [3.8, 4) is 22.6 Å². The van der Waals surface area contributed by atoms with Gasteiger partial charge in [-0.2, -0.15) is 0 Å². The lowest BCUT2D eigenvalue weighted by Gasteiger charge is -2.03. The van der Waals surface area contributed by atoms with Crippen LogP contribution in [0.4, 0.5) is 0 Å². The van der Waals surface area contributed by atoms with Gasteiger partial charge in [-0.3, -0.25) is 0 Å². The van der Waals surface area contributed by atoms with Gasteiger partial charge in [-0.25, -0.2) is 4.98 Å². The Kier molecular flexibility index (Phi) is 5.01. The van der Waals surface area contributed by atoms with Crippen LogP contribution in [0.25, 0.3) is 22.6 Å². The molecule has 2 aromatic carbocycles. The molecule has 118 valence electrons. The monoisotopic (exact) mass is 345 g/mol. The van der Waals surface area contributed by atoms with E-state index in [1.807, 2.05) is 18.3 Å². The first-order chi connectivity index (χ1) is 11.2. The third-order valence-electron chi connectivity index (χ3n) is 3.68. The highest BCUT2D eigenvalue weighted by atomic mass is 35.5. The number of H-pyrrole nitrogens is 1. The number of aromatic nitrogens is 2. The third-order valence-corrected chi connectivity index (χ3v) is 4.42. The SMILES string of the molecule is NCCCc1cccc(-c2cnc(-c3ccc(Cl)c(Cl)c3)[nH]2)c1. The van der Waals surface area contributed by atoms with Gasteiger partial charge in [0, 0.05) is 5.56 Å². The summed E-state index contributed by atoms with van der Waals surface area (Å²) in [5.41, 5.74) is 9.85. The number of benzene rings is 2. The summed E-state index contributed by atoms with van der Waals surface area (Å²) in [6.07, 6.45) is 3.80. The predicted octanol–water partition coefficient (Wildman–Crippen LogP) is 4.94. The lowest BCUT2D eigenvalue weighted by atomic mass is 10.1. The Bertz CT molecular complexity index is 812. The van der Waals surface area contributed by atoms with Crippen LogP contribution in [0.3, 0.4) is 0 Å². The van der Waals surface area contributed by atoms with Crippen molar-refractivity contribution >= 4 is 23.2 Å². The molecule has 0 amide bonds. The van der Waals surface area contributed by atoms with Crippen LogP contribution in [0.15, 0.2) is 48.7 Å².